The average molecular weight is 317 g/mol. The highest BCUT2D eigenvalue weighted by Gasteiger charge is 2.55. The summed E-state index contributed by atoms with van der Waals surface area (Å²) < 4.78 is 7.35. The van der Waals surface area contributed by atoms with Gasteiger partial charge >= 0.3 is 0 Å². The molecule has 7 N–H and O–H groups in total. The molecule has 2 aliphatic heterocycles. The number of hydrogen-bond acceptors (Lipinski definition) is 7. The molecule has 0 radical (unpaired) electrons. The van der Waals surface area contributed by atoms with Gasteiger partial charge in [-0.25, -0.2) is 0 Å². The van der Waals surface area contributed by atoms with Crippen molar-refractivity contribution in [3.05, 3.63) is 24.4 Å². The van der Waals surface area contributed by atoms with E-state index in [1.165, 1.54) is 6.92 Å². The van der Waals surface area contributed by atoms with Crippen LogP contribution in [0.1, 0.15) is 18.7 Å². The fourth-order valence-electron chi connectivity index (χ4n) is 2.93. The predicted molar refractivity (Wildman–Crippen MR) is 85.2 cm³/mol. The van der Waals surface area contributed by atoms with Crippen molar-refractivity contribution in [3.63, 3.8) is 0 Å². The minimum absolute atomic E-state index is 0.177. The summed E-state index contributed by atoms with van der Waals surface area (Å²) in [4.78, 5) is 4.23. The molecular formula is C15H19N5O3. The van der Waals surface area contributed by atoms with Crippen molar-refractivity contribution >= 4 is 17.5 Å². The Morgan fingerprint density at radius 3 is 2.96 bits per heavy atom. The van der Waals surface area contributed by atoms with Crippen LogP contribution >= 0.6 is 0 Å². The predicted octanol–water partition coefficient (Wildman–Crippen LogP) is -1.02. The van der Waals surface area contributed by atoms with Crippen LogP contribution in [0.4, 0.5) is 5.82 Å². The first-order valence-electron chi connectivity index (χ1n) is 7.09. The van der Waals surface area contributed by atoms with Crippen LogP contribution in [0.5, 0.6) is 0 Å². The Hall–Kier alpha value is -2.31. The molecule has 0 bridgehead atoms. The van der Waals surface area contributed by atoms with Crippen molar-refractivity contribution in [2.24, 2.45) is 16.5 Å². The summed E-state index contributed by atoms with van der Waals surface area (Å²) in [5.74, 6) is 3.04. The maximum Gasteiger partial charge on any atom is 0.199 e. The lowest BCUT2D eigenvalue weighted by molar-refractivity contribution is -0.0760. The van der Waals surface area contributed by atoms with Gasteiger partial charge in [0.15, 0.2) is 17.7 Å². The van der Waals surface area contributed by atoms with Gasteiger partial charge in [-0.1, -0.05) is 12.5 Å². The Balaban J connectivity index is 2.10. The highest BCUT2D eigenvalue weighted by Crippen LogP contribution is 2.42. The topological polar surface area (TPSA) is 131 Å². The molecule has 0 aliphatic carbocycles. The second kappa shape index (κ2) is 5.11. The molecule has 5 atom stereocenters. The van der Waals surface area contributed by atoms with E-state index in [4.69, 9.17) is 22.6 Å². The Bertz CT molecular complexity index is 732. The van der Waals surface area contributed by atoms with Crippen molar-refractivity contribution in [2.75, 3.05) is 0 Å². The number of aliphatic hydroxyl groups is 2. The number of rotatable bonds is 2. The molecule has 122 valence electrons. The molecule has 0 spiro atoms. The number of aliphatic hydroxyl groups excluding tert-OH is 2. The summed E-state index contributed by atoms with van der Waals surface area (Å²) >= 11 is 0. The number of aliphatic imine (C=N–C) groups is 1. The number of hydrogen-bond donors (Lipinski definition) is 5. The van der Waals surface area contributed by atoms with Gasteiger partial charge in [0.2, 0.25) is 0 Å². The Labute approximate surface area is 133 Å². The summed E-state index contributed by atoms with van der Waals surface area (Å²) in [6.07, 6.45) is 3.23. The van der Waals surface area contributed by atoms with E-state index < -0.39 is 30.1 Å². The van der Waals surface area contributed by atoms with E-state index in [1.54, 1.807) is 16.8 Å². The van der Waals surface area contributed by atoms with Crippen LogP contribution in [-0.4, -0.2) is 44.6 Å². The number of terminal acetylenes is 1. The summed E-state index contributed by atoms with van der Waals surface area (Å²) in [7, 11) is 0. The Kier molecular flexibility index (Phi) is 3.46. The second-order valence-corrected chi connectivity index (χ2v) is 5.78. The highest BCUT2D eigenvalue weighted by atomic mass is 16.5. The van der Waals surface area contributed by atoms with Gasteiger partial charge in [-0.2, -0.15) is 4.99 Å². The minimum atomic E-state index is -1.52. The number of aromatic nitrogens is 1. The number of nitrogens with one attached hydrogen (secondary N) is 1. The molecule has 0 aromatic carbocycles. The Morgan fingerprint density at radius 2 is 2.35 bits per heavy atom. The summed E-state index contributed by atoms with van der Waals surface area (Å²) in [6.45, 7) is 5.37. The van der Waals surface area contributed by atoms with E-state index in [1.807, 2.05) is 0 Å². The van der Waals surface area contributed by atoms with Crippen LogP contribution in [0.2, 0.25) is 0 Å². The second-order valence-electron chi connectivity index (χ2n) is 5.78. The van der Waals surface area contributed by atoms with Crippen molar-refractivity contribution < 1.29 is 14.9 Å². The third kappa shape index (κ3) is 2.14. The molecule has 8 nitrogen and oxygen atoms in total. The molecule has 0 amide bonds. The van der Waals surface area contributed by atoms with E-state index >= 15 is 0 Å². The van der Waals surface area contributed by atoms with Gasteiger partial charge in [0.1, 0.15) is 18.0 Å². The molecule has 2 aliphatic rings. The first kappa shape index (κ1) is 15.6. The number of nitrogens with zero attached hydrogens (tertiary/aromatic N) is 2. The molecule has 1 saturated heterocycles. The molecule has 0 saturated carbocycles. The summed E-state index contributed by atoms with van der Waals surface area (Å²) in [6, 6.07) is 1.77. The first-order valence-corrected chi connectivity index (χ1v) is 7.09. The van der Waals surface area contributed by atoms with Gasteiger partial charge in [0.25, 0.3) is 0 Å². The van der Waals surface area contributed by atoms with Crippen LogP contribution in [0.25, 0.3) is 5.70 Å². The van der Waals surface area contributed by atoms with Crippen LogP contribution in [0.15, 0.2) is 23.8 Å². The van der Waals surface area contributed by atoms with Gasteiger partial charge in [-0.05, 0) is 13.0 Å². The minimum Gasteiger partial charge on any atom is -0.391 e. The van der Waals surface area contributed by atoms with Gasteiger partial charge in [-0.15, -0.1) is 6.42 Å². The number of ether oxygens (including phenoxy) is 1. The first-order chi connectivity index (χ1) is 10.8. The zero-order chi connectivity index (χ0) is 16.9. The molecule has 1 unspecified atom stereocenters. The molecule has 23 heavy (non-hydrogen) atoms. The van der Waals surface area contributed by atoms with Crippen LogP contribution in [0, 0.1) is 12.3 Å². The fraction of sp³-hybridized carbons (Fsp3) is 0.400. The molecule has 1 fully saturated rings. The molecule has 3 heterocycles. The lowest BCUT2D eigenvalue weighted by Gasteiger charge is -2.29. The van der Waals surface area contributed by atoms with E-state index in [0.29, 0.717) is 11.5 Å². The zero-order valence-electron chi connectivity index (χ0n) is 12.6. The normalized spacial score (nSPS) is 34.3. The fourth-order valence-corrected chi connectivity index (χ4v) is 2.93. The van der Waals surface area contributed by atoms with E-state index in [9.17, 15) is 10.2 Å². The summed E-state index contributed by atoms with van der Waals surface area (Å²) in [5.41, 5.74) is 11.7. The third-order valence-corrected chi connectivity index (χ3v) is 4.19. The van der Waals surface area contributed by atoms with Crippen molar-refractivity contribution in [3.8, 4) is 12.3 Å². The van der Waals surface area contributed by atoms with Gasteiger partial charge in [0.05, 0.1) is 6.10 Å². The maximum atomic E-state index is 10.4. The van der Waals surface area contributed by atoms with Crippen LogP contribution in [-0.2, 0) is 4.74 Å². The molecule has 3 rings (SSSR count). The standard InChI is InChI=1S/C15H19N5O3/c1-4-15(17)11(22)10(8(3)21)23-13(15)20-6-5-9-7(2)18-14(16)19-12(9)20/h1,5-6,8,10-11,13,21-22H,2,17H2,3H3,(H3,16,18,19)/t8-,10+,11-,13+,15?/m0/s1. The van der Waals surface area contributed by atoms with Crippen molar-refractivity contribution in [2.45, 2.75) is 37.0 Å². The third-order valence-electron chi connectivity index (χ3n) is 4.19. The smallest absolute Gasteiger partial charge is 0.199 e. The lowest BCUT2D eigenvalue weighted by Crippen LogP contribution is -2.54. The van der Waals surface area contributed by atoms with Gasteiger partial charge in [-0.3, -0.25) is 0 Å². The molecule has 1 aromatic rings. The van der Waals surface area contributed by atoms with Crippen LogP contribution in [0.3, 0.4) is 0 Å². The van der Waals surface area contributed by atoms with E-state index in [0.717, 1.165) is 5.56 Å². The van der Waals surface area contributed by atoms with Crippen molar-refractivity contribution in [1.82, 2.24) is 9.88 Å². The SMILES string of the molecule is C#CC1(N)[C@@H](O)[C@@H]([C@H](C)O)O[C@H]1n1ccc2c1N=C(N)NC2=C. The van der Waals surface area contributed by atoms with Crippen molar-refractivity contribution in [1.29, 1.82) is 0 Å². The maximum absolute atomic E-state index is 10.4. The molecule has 1 aromatic heterocycles. The van der Waals surface area contributed by atoms with Gasteiger partial charge < -0.3 is 36.3 Å². The zero-order valence-corrected chi connectivity index (χ0v) is 12.6. The lowest BCUT2D eigenvalue weighted by atomic mass is 9.90. The Morgan fingerprint density at radius 1 is 1.65 bits per heavy atom. The number of nitrogens with two attached hydrogens (primary N) is 2. The number of fused-ring (bicyclic) bond motifs is 1. The molecule has 8 heteroatoms. The number of guanidine groups is 1. The largest absolute Gasteiger partial charge is 0.391 e. The highest BCUT2D eigenvalue weighted by molar-refractivity contribution is 5.94. The average Bonchev–Trinajstić information content (AvgIpc) is 3.00. The van der Waals surface area contributed by atoms with Gasteiger partial charge in [0, 0.05) is 17.5 Å². The van der Waals surface area contributed by atoms with E-state index in [2.05, 4.69) is 22.8 Å². The quantitative estimate of drug-likeness (QED) is 0.444. The molecular weight excluding hydrogens is 298 g/mol. The summed E-state index contributed by atoms with van der Waals surface area (Å²) in [5, 5.41) is 23.0. The van der Waals surface area contributed by atoms with E-state index in [-0.39, 0.29) is 5.96 Å². The van der Waals surface area contributed by atoms with Crippen LogP contribution < -0.4 is 16.8 Å². The monoisotopic (exact) mass is 317 g/mol.